The number of rotatable bonds is 2. The fourth-order valence-electron chi connectivity index (χ4n) is 3.69. The highest BCUT2D eigenvalue weighted by atomic mass is 16.2. The number of hydrogen-bond donors (Lipinski definition) is 1. The Kier molecular flexibility index (Phi) is 2.84. The number of amides is 1. The highest BCUT2D eigenvalue weighted by Crippen LogP contribution is 2.46. The summed E-state index contributed by atoms with van der Waals surface area (Å²) in [5.41, 5.74) is 3.18. The van der Waals surface area contributed by atoms with E-state index in [1.165, 1.54) is 19.3 Å². The highest BCUT2D eigenvalue weighted by molar-refractivity contribution is 6.04. The van der Waals surface area contributed by atoms with Crippen LogP contribution < -0.4 is 4.90 Å². The number of β-lactam (4-membered cyclic amide) rings is 1. The van der Waals surface area contributed by atoms with Crippen molar-refractivity contribution in [3.8, 4) is 11.1 Å². The molecule has 2 fully saturated rings. The maximum Gasteiger partial charge on any atom is 0.235 e. The Morgan fingerprint density at radius 2 is 1.81 bits per heavy atom. The van der Waals surface area contributed by atoms with Gasteiger partial charge >= 0.3 is 0 Å². The first kappa shape index (κ1) is 12.6. The summed E-state index contributed by atoms with van der Waals surface area (Å²) in [7, 11) is 0. The minimum absolute atomic E-state index is 0.0263. The molecule has 4 nitrogen and oxygen atoms in total. The van der Waals surface area contributed by atoms with Crippen LogP contribution in [0.15, 0.2) is 36.7 Å². The minimum Gasteiger partial charge on any atom is -0.311 e. The molecule has 1 N–H and O–H groups in total. The number of benzene rings is 1. The van der Waals surface area contributed by atoms with Crippen LogP contribution in [0.1, 0.15) is 32.1 Å². The van der Waals surface area contributed by atoms with Gasteiger partial charge in [0.05, 0.1) is 11.6 Å². The minimum atomic E-state index is -0.0263. The van der Waals surface area contributed by atoms with Crippen LogP contribution in [-0.4, -0.2) is 22.6 Å². The van der Waals surface area contributed by atoms with Crippen LogP contribution >= 0.6 is 0 Å². The molecule has 4 heteroatoms. The molecule has 1 aromatic heterocycles. The standard InChI is InChI=1S/C17H19N3O/c21-16-17(8-2-1-3-9-17)12-20(16)15-6-4-13(5-7-15)14-10-18-19-11-14/h4-7,10-11H,1-3,8-9,12H2,(H,18,19). The van der Waals surface area contributed by atoms with Crippen LogP contribution in [0.3, 0.4) is 0 Å². The summed E-state index contributed by atoms with van der Waals surface area (Å²) in [6.07, 6.45) is 9.54. The molecule has 1 saturated carbocycles. The van der Waals surface area contributed by atoms with Crippen LogP contribution in [0.4, 0.5) is 5.69 Å². The average Bonchev–Trinajstić information content (AvgIpc) is 3.08. The molecule has 1 spiro atoms. The van der Waals surface area contributed by atoms with Crippen LogP contribution in [-0.2, 0) is 4.79 Å². The van der Waals surface area contributed by atoms with Crippen molar-refractivity contribution in [3.05, 3.63) is 36.7 Å². The third-order valence-electron chi connectivity index (χ3n) is 4.98. The van der Waals surface area contributed by atoms with Crippen LogP contribution in [0, 0.1) is 5.41 Å². The molecule has 0 unspecified atom stereocenters. The van der Waals surface area contributed by atoms with Gasteiger partial charge < -0.3 is 4.90 Å². The zero-order chi connectivity index (χ0) is 14.3. The molecule has 1 amide bonds. The van der Waals surface area contributed by atoms with E-state index in [4.69, 9.17) is 0 Å². The second-order valence-electron chi connectivity index (χ2n) is 6.27. The molecule has 2 aliphatic rings. The zero-order valence-corrected chi connectivity index (χ0v) is 12.0. The Hall–Kier alpha value is -2.10. The van der Waals surface area contributed by atoms with Crippen LogP contribution in [0.5, 0.6) is 0 Å². The first-order chi connectivity index (χ1) is 10.3. The lowest BCUT2D eigenvalue weighted by molar-refractivity contribution is -0.137. The summed E-state index contributed by atoms with van der Waals surface area (Å²) < 4.78 is 0. The number of anilines is 1. The van der Waals surface area contributed by atoms with Crippen molar-refractivity contribution < 1.29 is 4.79 Å². The summed E-state index contributed by atoms with van der Waals surface area (Å²) in [5.74, 6) is 0.332. The molecule has 0 atom stereocenters. The molecular formula is C17H19N3O. The van der Waals surface area contributed by atoms with Crippen molar-refractivity contribution in [3.63, 3.8) is 0 Å². The number of aromatic nitrogens is 2. The van der Waals surface area contributed by atoms with Gasteiger partial charge in [0.2, 0.25) is 5.91 Å². The van der Waals surface area contributed by atoms with Crippen molar-refractivity contribution in [2.75, 3.05) is 11.4 Å². The Bertz CT molecular complexity index is 639. The van der Waals surface area contributed by atoms with Crippen molar-refractivity contribution in [2.45, 2.75) is 32.1 Å². The second kappa shape index (κ2) is 4.72. The van der Waals surface area contributed by atoms with E-state index >= 15 is 0 Å². The molecule has 21 heavy (non-hydrogen) atoms. The Morgan fingerprint density at radius 1 is 1.05 bits per heavy atom. The molecule has 0 bridgehead atoms. The number of aromatic amines is 1. The van der Waals surface area contributed by atoms with E-state index in [1.54, 1.807) is 6.20 Å². The van der Waals surface area contributed by atoms with E-state index < -0.39 is 0 Å². The van der Waals surface area contributed by atoms with Crippen molar-refractivity contribution in [1.29, 1.82) is 0 Å². The Morgan fingerprint density at radius 3 is 2.43 bits per heavy atom. The van der Waals surface area contributed by atoms with Gasteiger partial charge in [0.1, 0.15) is 0 Å². The number of carbonyl (C=O) groups is 1. The lowest BCUT2D eigenvalue weighted by atomic mass is 9.67. The number of hydrogen-bond acceptors (Lipinski definition) is 2. The van der Waals surface area contributed by atoms with E-state index in [0.29, 0.717) is 5.91 Å². The lowest BCUT2D eigenvalue weighted by Crippen LogP contribution is -2.62. The normalized spacial score (nSPS) is 20.6. The summed E-state index contributed by atoms with van der Waals surface area (Å²) in [4.78, 5) is 14.5. The van der Waals surface area contributed by atoms with Gasteiger partial charge in [0.15, 0.2) is 0 Å². The second-order valence-corrected chi connectivity index (χ2v) is 6.27. The fourth-order valence-corrected chi connectivity index (χ4v) is 3.69. The van der Waals surface area contributed by atoms with E-state index in [-0.39, 0.29) is 5.41 Å². The molecule has 0 radical (unpaired) electrons. The zero-order valence-electron chi connectivity index (χ0n) is 12.0. The van der Waals surface area contributed by atoms with E-state index in [2.05, 4.69) is 22.3 Å². The van der Waals surface area contributed by atoms with Gasteiger partial charge in [-0.05, 0) is 30.5 Å². The van der Waals surface area contributed by atoms with Crippen molar-refractivity contribution in [2.24, 2.45) is 5.41 Å². The monoisotopic (exact) mass is 281 g/mol. The average molecular weight is 281 g/mol. The topological polar surface area (TPSA) is 49.0 Å². The third kappa shape index (κ3) is 1.97. The molecular weight excluding hydrogens is 262 g/mol. The van der Waals surface area contributed by atoms with Gasteiger partial charge in [-0.25, -0.2) is 0 Å². The summed E-state index contributed by atoms with van der Waals surface area (Å²) in [6.45, 7) is 0.900. The maximum atomic E-state index is 12.6. The molecule has 1 aliphatic heterocycles. The molecule has 1 saturated heterocycles. The number of carbonyl (C=O) groups excluding carboxylic acids is 1. The fraction of sp³-hybridized carbons (Fsp3) is 0.412. The first-order valence-corrected chi connectivity index (χ1v) is 7.70. The molecule has 1 aromatic carbocycles. The smallest absolute Gasteiger partial charge is 0.235 e. The highest BCUT2D eigenvalue weighted by Gasteiger charge is 2.52. The molecule has 1 aliphatic carbocycles. The lowest BCUT2D eigenvalue weighted by Gasteiger charge is -2.50. The molecule has 4 rings (SSSR count). The van der Waals surface area contributed by atoms with Gasteiger partial charge in [-0.1, -0.05) is 31.4 Å². The summed E-state index contributed by atoms with van der Waals surface area (Å²) in [6, 6.07) is 8.19. The first-order valence-electron chi connectivity index (χ1n) is 7.70. The Labute approximate surface area is 124 Å². The predicted octanol–water partition coefficient (Wildman–Crippen LogP) is 3.37. The third-order valence-corrected chi connectivity index (χ3v) is 4.98. The summed E-state index contributed by atoms with van der Waals surface area (Å²) >= 11 is 0. The molecule has 2 heterocycles. The molecule has 2 aromatic rings. The number of H-pyrrole nitrogens is 1. The van der Waals surface area contributed by atoms with E-state index in [9.17, 15) is 4.79 Å². The van der Waals surface area contributed by atoms with E-state index in [1.807, 2.05) is 23.2 Å². The van der Waals surface area contributed by atoms with Gasteiger partial charge in [0.25, 0.3) is 0 Å². The van der Waals surface area contributed by atoms with Crippen LogP contribution in [0.2, 0.25) is 0 Å². The number of nitrogens with one attached hydrogen (secondary N) is 1. The SMILES string of the molecule is O=C1N(c2ccc(-c3cn[nH]c3)cc2)CC12CCCCC2. The molecule has 108 valence electrons. The predicted molar refractivity (Wildman–Crippen MR) is 81.9 cm³/mol. The van der Waals surface area contributed by atoms with Crippen LogP contribution in [0.25, 0.3) is 11.1 Å². The Balaban J connectivity index is 1.52. The number of nitrogens with zero attached hydrogens (tertiary/aromatic N) is 2. The van der Waals surface area contributed by atoms with Gasteiger partial charge in [-0.15, -0.1) is 0 Å². The van der Waals surface area contributed by atoms with Crippen molar-refractivity contribution in [1.82, 2.24) is 10.2 Å². The maximum absolute atomic E-state index is 12.6. The van der Waals surface area contributed by atoms with Gasteiger partial charge in [-0.2, -0.15) is 5.10 Å². The van der Waals surface area contributed by atoms with Gasteiger partial charge in [-0.3, -0.25) is 9.89 Å². The summed E-state index contributed by atoms with van der Waals surface area (Å²) in [5, 5.41) is 6.78. The van der Waals surface area contributed by atoms with Crippen molar-refractivity contribution >= 4 is 11.6 Å². The van der Waals surface area contributed by atoms with E-state index in [0.717, 1.165) is 36.2 Å². The largest absolute Gasteiger partial charge is 0.311 e. The van der Waals surface area contributed by atoms with Gasteiger partial charge in [0, 0.05) is 24.0 Å². The quantitative estimate of drug-likeness (QED) is 0.858.